The Morgan fingerprint density at radius 3 is 2.24 bits per heavy atom. The molecule has 6 heteroatoms. The Balaban J connectivity index is 2.67. The molecule has 1 amide bonds. The molecule has 0 aromatic rings. The molecule has 21 heavy (non-hydrogen) atoms. The van der Waals surface area contributed by atoms with E-state index in [0.29, 0.717) is 19.6 Å². The number of esters is 1. The number of hydrogen-bond donors (Lipinski definition) is 1. The Bertz CT molecular complexity index is 375. The summed E-state index contributed by atoms with van der Waals surface area (Å²) < 4.78 is 15.8. The van der Waals surface area contributed by atoms with Crippen LogP contribution in [-0.2, 0) is 19.0 Å². The molecule has 0 bridgehead atoms. The van der Waals surface area contributed by atoms with E-state index in [1.54, 1.807) is 20.8 Å². The molecule has 1 aliphatic rings. The highest BCUT2D eigenvalue weighted by Crippen LogP contribution is 2.22. The second-order valence-electron chi connectivity index (χ2n) is 7.37. The average molecular weight is 301 g/mol. The Morgan fingerprint density at radius 1 is 1.19 bits per heavy atom. The fourth-order valence-corrected chi connectivity index (χ4v) is 1.89. The number of nitrogens with one attached hydrogen (secondary N) is 1. The highest BCUT2D eigenvalue weighted by molar-refractivity contribution is 5.82. The fourth-order valence-electron chi connectivity index (χ4n) is 1.89. The first-order valence-electron chi connectivity index (χ1n) is 7.27. The van der Waals surface area contributed by atoms with E-state index >= 15 is 0 Å². The molecule has 0 saturated carbocycles. The van der Waals surface area contributed by atoms with Gasteiger partial charge in [0.1, 0.15) is 17.7 Å². The Kier molecular flexibility index (Phi) is 5.61. The molecule has 1 fully saturated rings. The summed E-state index contributed by atoms with van der Waals surface area (Å²) in [5.74, 6) is -0.455. The van der Waals surface area contributed by atoms with E-state index in [4.69, 9.17) is 14.2 Å². The van der Waals surface area contributed by atoms with Crippen molar-refractivity contribution in [3.63, 3.8) is 0 Å². The largest absolute Gasteiger partial charge is 0.458 e. The molecule has 1 heterocycles. The summed E-state index contributed by atoms with van der Waals surface area (Å²) in [6.45, 7) is 11.9. The van der Waals surface area contributed by atoms with Crippen LogP contribution in [0.5, 0.6) is 0 Å². The smallest absolute Gasteiger partial charge is 0.408 e. The summed E-state index contributed by atoms with van der Waals surface area (Å²) >= 11 is 0. The third kappa shape index (κ3) is 6.33. The minimum atomic E-state index is -0.770. The highest BCUT2D eigenvalue weighted by atomic mass is 16.6. The summed E-state index contributed by atoms with van der Waals surface area (Å²) in [5, 5.41) is 2.61. The van der Waals surface area contributed by atoms with Gasteiger partial charge in [-0.05, 0) is 26.2 Å². The van der Waals surface area contributed by atoms with E-state index in [1.165, 1.54) is 0 Å². The minimum Gasteiger partial charge on any atom is -0.458 e. The van der Waals surface area contributed by atoms with Gasteiger partial charge in [-0.1, -0.05) is 20.8 Å². The van der Waals surface area contributed by atoms with Crippen molar-refractivity contribution in [3.05, 3.63) is 0 Å². The van der Waals surface area contributed by atoms with Gasteiger partial charge in [0.25, 0.3) is 0 Å². The predicted octanol–water partition coefficient (Wildman–Crippen LogP) is 2.26. The highest BCUT2D eigenvalue weighted by Gasteiger charge is 2.37. The van der Waals surface area contributed by atoms with Crippen LogP contribution >= 0.6 is 0 Å². The second kappa shape index (κ2) is 6.64. The average Bonchev–Trinajstić information content (AvgIpc) is 2.74. The minimum absolute atomic E-state index is 0.234. The number of carbonyl (C=O) groups excluding carboxylic acids is 2. The molecular weight excluding hydrogens is 274 g/mol. The Morgan fingerprint density at radius 2 is 1.81 bits per heavy atom. The number of hydrogen-bond acceptors (Lipinski definition) is 5. The standard InChI is InChI=1S/C15H27NO5/c1-14(2,3)11(16-13(18)21-15(4,5)6)12(17)20-10-7-8-19-9-10/h10-11H,7-9H2,1-6H3,(H,16,18). The molecule has 1 aliphatic heterocycles. The topological polar surface area (TPSA) is 73.9 Å². The molecule has 122 valence electrons. The zero-order chi connectivity index (χ0) is 16.3. The van der Waals surface area contributed by atoms with Gasteiger partial charge in [0, 0.05) is 6.42 Å². The molecule has 0 spiro atoms. The van der Waals surface area contributed by atoms with Crippen LogP contribution in [-0.4, -0.2) is 43.0 Å². The normalized spacial score (nSPS) is 20.8. The van der Waals surface area contributed by atoms with Crippen molar-refractivity contribution in [1.82, 2.24) is 5.32 Å². The molecule has 1 rings (SSSR count). The lowest BCUT2D eigenvalue weighted by atomic mass is 9.87. The molecule has 0 aliphatic carbocycles. The van der Waals surface area contributed by atoms with Crippen LogP contribution in [0.2, 0.25) is 0 Å². The summed E-state index contributed by atoms with van der Waals surface area (Å²) in [6.07, 6.45) is -0.167. The number of carbonyl (C=O) groups is 2. The molecular formula is C15H27NO5. The van der Waals surface area contributed by atoms with Crippen molar-refractivity contribution in [3.8, 4) is 0 Å². The predicted molar refractivity (Wildman–Crippen MR) is 77.9 cm³/mol. The van der Waals surface area contributed by atoms with Crippen LogP contribution < -0.4 is 5.32 Å². The van der Waals surface area contributed by atoms with E-state index in [9.17, 15) is 9.59 Å². The molecule has 0 aromatic heterocycles. The number of amides is 1. The lowest BCUT2D eigenvalue weighted by molar-refractivity contribution is -0.154. The van der Waals surface area contributed by atoms with E-state index in [1.807, 2.05) is 20.8 Å². The molecule has 0 aromatic carbocycles. The maximum Gasteiger partial charge on any atom is 0.408 e. The monoisotopic (exact) mass is 301 g/mol. The summed E-state index contributed by atoms with van der Waals surface area (Å²) in [7, 11) is 0. The first-order valence-corrected chi connectivity index (χ1v) is 7.27. The molecule has 0 radical (unpaired) electrons. The van der Waals surface area contributed by atoms with E-state index < -0.39 is 29.1 Å². The lowest BCUT2D eigenvalue weighted by Crippen LogP contribution is -2.51. The van der Waals surface area contributed by atoms with Crippen molar-refractivity contribution < 1.29 is 23.8 Å². The van der Waals surface area contributed by atoms with E-state index in [2.05, 4.69) is 5.32 Å². The van der Waals surface area contributed by atoms with Gasteiger partial charge in [-0.3, -0.25) is 0 Å². The van der Waals surface area contributed by atoms with E-state index in [0.717, 1.165) is 0 Å². The van der Waals surface area contributed by atoms with Gasteiger partial charge >= 0.3 is 12.1 Å². The first-order chi connectivity index (χ1) is 9.49. The van der Waals surface area contributed by atoms with Crippen molar-refractivity contribution >= 4 is 12.1 Å². The Labute approximate surface area is 126 Å². The van der Waals surface area contributed by atoms with Crippen LogP contribution in [0.4, 0.5) is 4.79 Å². The quantitative estimate of drug-likeness (QED) is 0.809. The van der Waals surface area contributed by atoms with Gasteiger partial charge < -0.3 is 19.5 Å². The van der Waals surface area contributed by atoms with Crippen molar-refractivity contribution in [2.75, 3.05) is 13.2 Å². The maximum atomic E-state index is 12.3. The van der Waals surface area contributed by atoms with Crippen molar-refractivity contribution in [1.29, 1.82) is 0 Å². The van der Waals surface area contributed by atoms with E-state index in [-0.39, 0.29) is 6.10 Å². The third-order valence-electron chi connectivity index (χ3n) is 2.93. The van der Waals surface area contributed by atoms with Gasteiger partial charge in [0.05, 0.1) is 13.2 Å². The van der Waals surface area contributed by atoms with Crippen LogP contribution in [0.1, 0.15) is 48.0 Å². The molecule has 1 saturated heterocycles. The summed E-state index contributed by atoms with van der Waals surface area (Å²) in [5.41, 5.74) is -1.09. The van der Waals surface area contributed by atoms with Gasteiger partial charge in [-0.25, -0.2) is 9.59 Å². The molecule has 2 unspecified atom stereocenters. The second-order valence-corrected chi connectivity index (χ2v) is 7.37. The van der Waals surface area contributed by atoms with Gasteiger partial charge in [0.2, 0.25) is 0 Å². The third-order valence-corrected chi connectivity index (χ3v) is 2.93. The van der Waals surface area contributed by atoms with Crippen LogP contribution in [0.3, 0.4) is 0 Å². The summed E-state index contributed by atoms with van der Waals surface area (Å²) in [4.78, 5) is 24.2. The van der Waals surface area contributed by atoms with Crippen LogP contribution in [0, 0.1) is 5.41 Å². The van der Waals surface area contributed by atoms with Gasteiger partial charge in [0.15, 0.2) is 0 Å². The lowest BCUT2D eigenvalue weighted by Gasteiger charge is -2.31. The molecule has 1 N–H and O–H groups in total. The first kappa shape index (κ1) is 17.8. The van der Waals surface area contributed by atoms with Gasteiger partial charge in [-0.15, -0.1) is 0 Å². The number of alkyl carbamates (subject to hydrolysis) is 1. The van der Waals surface area contributed by atoms with Crippen molar-refractivity contribution in [2.24, 2.45) is 5.41 Å². The Hall–Kier alpha value is -1.30. The fraction of sp³-hybridized carbons (Fsp3) is 0.867. The summed E-state index contributed by atoms with van der Waals surface area (Å²) in [6, 6.07) is -0.770. The zero-order valence-electron chi connectivity index (χ0n) is 13.8. The van der Waals surface area contributed by atoms with Gasteiger partial charge in [-0.2, -0.15) is 0 Å². The number of rotatable bonds is 3. The van der Waals surface area contributed by atoms with Crippen LogP contribution in [0.15, 0.2) is 0 Å². The van der Waals surface area contributed by atoms with Crippen molar-refractivity contribution in [2.45, 2.75) is 65.7 Å². The number of ether oxygens (including phenoxy) is 3. The SMILES string of the molecule is CC(C)(C)OC(=O)NC(C(=O)OC1CCOC1)C(C)(C)C. The maximum absolute atomic E-state index is 12.3. The molecule has 2 atom stereocenters. The zero-order valence-corrected chi connectivity index (χ0v) is 13.8. The molecule has 6 nitrogen and oxygen atoms in total. The van der Waals surface area contributed by atoms with Crippen LogP contribution in [0.25, 0.3) is 0 Å².